The van der Waals surface area contributed by atoms with Crippen molar-refractivity contribution in [2.45, 2.75) is 32.1 Å². The minimum atomic E-state index is 0.113. The molecule has 1 nitrogen and oxygen atoms in total. The lowest BCUT2D eigenvalue weighted by Crippen LogP contribution is -2.24. The molecule has 0 amide bonds. The summed E-state index contributed by atoms with van der Waals surface area (Å²) < 4.78 is 1.38. The van der Waals surface area contributed by atoms with E-state index in [9.17, 15) is 0 Å². The second kappa shape index (κ2) is 5.37. The van der Waals surface area contributed by atoms with E-state index in [-0.39, 0.29) is 5.41 Å². The first-order chi connectivity index (χ1) is 9.71. The molecule has 0 radical (unpaired) electrons. The van der Waals surface area contributed by atoms with Gasteiger partial charge in [0.15, 0.2) is 0 Å². The third-order valence-corrected chi connectivity index (χ3v) is 5.22. The lowest BCUT2D eigenvalue weighted by molar-refractivity contribution is 0.441. The topological polar surface area (TPSA) is 12.9 Å². The Labute approximate surface area is 124 Å². The van der Waals surface area contributed by atoms with Gasteiger partial charge >= 0.3 is 0 Å². The van der Waals surface area contributed by atoms with Crippen LogP contribution < -0.4 is 0 Å². The fraction of sp³-hybridized carbons (Fsp3) is 0.278. The highest BCUT2D eigenvalue weighted by molar-refractivity contribution is 7.19. The normalized spacial score (nSPS) is 14.3. The maximum Gasteiger partial charge on any atom is 0.0466 e. The molecule has 3 aromatic rings. The van der Waals surface area contributed by atoms with Crippen molar-refractivity contribution in [3.05, 3.63) is 65.3 Å². The van der Waals surface area contributed by atoms with E-state index in [1.165, 1.54) is 20.7 Å². The number of hydrogen-bond donors (Lipinski definition) is 0. The van der Waals surface area contributed by atoms with Crippen LogP contribution in [0.4, 0.5) is 0 Å². The Morgan fingerprint density at radius 3 is 2.60 bits per heavy atom. The summed E-state index contributed by atoms with van der Waals surface area (Å²) in [5.74, 6) is 0. The maximum atomic E-state index is 4.58. The summed E-state index contributed by atoms with van der Waals surface area (Å²) in [6, 6.07) is 17.2. The number of pyridine rings is 1. The molecule has 2 heterocycles. The van der Waals surface area contributed by atoms with E-state index in [4.69, 9.17) is 0 Å². The summed E-state index contributed by atoms with van der Waals surface area (Å²) >= 11 is 1.91. The molecular formula is C18H19NS. The first kappa shape index (κ1) is 13.3. The molecular weight excluding hydrogens is 262 g/mol. The highest BCUT2D eigenvalue weighted by atomic mass is 32.1. The molecule has 3 rings (SSSR count). The van der Waals surface area contributed by atoms with Gasteiger partial charge < -0.3 is 0 Å². The van der Waals surface area contributed by atoms with Crippen LogP contribution in [0.25, 0.3) is 10.1 Å². The molecule has 0 saturated heterocycles. The minimum Gasteiger partial charge on any atom is -0.261 e. The van der Waals surface area contributed by atoms with Crippen LogP contribution in [0.3, 0.4) is 0 Å². The molecule has 0 aliphatic carbocycles. The Kier molecular flexibility index (Phi) is 3.58. The number of nitrogens with zero attached hydrogens (tertiary/aromatic N) is 1. The fourth-order valence-electron chi connectivity index (χ4n) is 2.62. The second-order valence-corrected chi connectivity index (χ2v) is 6.72. The minimum absolute atomic E-state index is 0.113. The van der Waals surface area contributed by atoms with Crippen LogP contribution in [-0.2, 0) is 11.8 Å². The van der Waals surface area contributed by atoms with Crippen LogP contribution in [0.2, 0.25) is 0 Å². The number of hydrogen-bond acceptors (Lipinski definition) is 2. The van der Waals surface area contributed by atoms with E-state index >= 15 is 0 Å². The molecule has 0 bridgehead atoms. The van der Waals surface area contributed by atoms with Crippen molar-refractivity contribution in [3.8, 4) is 0 Å². The molecule has 0 saturated carbocycles. The van der Waals surface area contributed by atoms with Crippen LogP contribution in [0.15, 0.2) is 54.7 Å². The molecule has 20 heavy (non-hydrogen) atoms. The monoisotopic (exact) mass is 281 g/mol. The Morgan fingerprint density at radius 1 is 1.10 bits per heavy atom. The fourth-order valence-corrected chi connectivity index (χ4v) is 3.88. The van der Waals surface area contributed by atoms with Crippen molar-refractivity contribution in [1.29, 1.82) is 0 Å². The van der Waals surface area contributed by atoms with E-state index in [0.29, 0.717) is 0 Å². The SMILES string of the molecule is CCC(C)(Cc1cc2ccccc2s1)c1ccccn1. The lowest BCUT2D eigenvalue weighted by atomic mass is 9.80. The summed E-state index contributed by atoms with van der Waals surface area (Å²) in [4.78, 5) is 6.02. The van der Waals surface area contributed by atoms with Crippen molar-refractivity contribution >= 4 is 21.4 Å². The van der Waals surface area contributed by atoms with Gasteiger partial charge in [-0.2, -0.15) is 0 Å². The van der Waals surface area contributed by atoms with Gasteiger partial charge in [0.2, 0.25) is 0 Å². The summed E-state index contributed by atoms with van der Waals surface area (Å²) in [7, 11) is 0. The molecule has 1 atom stereocenters. The molecule has 1 unspecified atom stereocenters. The average molecular weight is 281 g/mol. The van der Waals surface area contributed by atoms with Crippen molar-refractivity contribution in [3.63, 3.8) is 0 Å². The Hall–Kier alpha value is -1.67. The van der Waals surface area contributed by atoms with Crippen LogP contribution in [-0.4, -0.2) is 4.98 Å². The standard InChI is InChI=1S/C18H19NS/c1-3-18(2,17-10-6-7-11-19-17)13-15-12-14-8-4-5-9-16(14)20-15/h4-12H,3,13H2,1-2H3. The van der Waals surface area contributed by atoms with Crippen molar-refractivity contribution < 1.29 is 0 Å². The number of aromatic nitrogens is 1. The van der Waals surface area contributed by atoms with Gasteiger partial charge in [-0.1, -0.05) is 38.1 Å². The Bertz CT molecular complexity index is 669. The Morgan fingerprint density at radius 2 is 1.90 bits per heavy atom. The molecule has 0 aliphatic heterocycles. The van der Waals surface area contributed by atoms with Gasteiger partial charge in [0.05, 0.1) is 0 Å². The second-order valence-electron chi connectivity index (χ2n) is 5.56. The third kappa shape index (κ3) is 2.48. The summed E-state index contributed by atoms with van der Waals surface area (Å²) in [6.07, 6.45) is 4.05. The molecule has 0 fully saturated rings. The molecule has 2 aromatic heterocycles. The predicted octanol–water partition coefficient (Wildman–Crippen LogP) is 5.21. The third-order valence-electron chi connectivity index (χ3n) is 4.10. The quantitative estimate of drug-likeness (QED) is 0.640. The maximum absolute atomic E-state index is 4.58. The zero-order valence-electron chi connectivity index (χ0n) is 12.0. The first-order valence-electron chi connectivity index (χ1n) is 7.10. The van der Waals surface area contributed by atoms with Crippen molar-refractivity contribution in [1.82, 2.24) is 4.98 Å². The predicted molar refractivity (Wildman–Crippen MR) is 87.4 cm³/mol. The summed E-state index contributed by atoms with van der Waals surface area (Å²) in [5, 5.41) is 1.35. The molecule has 0 spiro atoms. The molecule has 0 N–H and O–H groups in total. The van der Waals surface area contributed by atoms with Crippen LogP contribution >= 0.6 is 11.3 Å². The van der Waals surface area contributed by atoms with Gasteiger partial charge in [-0.3, -0.25) is 4.98 Å². The van der Waals surface area contributed by atoms with Gasteiger partial charge in [0.25, 0.3) is 0 Å². The summed E-state index contributed by atoms with van der Waals surface area (Å²) in [5.41, 5.74) is 1.31. The summed E-state index contributed by atoms with van der Waals surface area (Å²) in [6.45, 7) is 4.57. The van der Waals surface area contributed by atoms with Gasteiger partial charge in [-0.15, -0.1) is 11.3 Å². The number of fused-ring (bicyclic) bond motifs is 1. The number of rotatable bonds is 4. The lowest BCUT2D eigenvalue weighted by Gasteiger charge is -2.27. The van der Waals surface area contributed by atoms with Crippen LogP contribution in [0.1, 0.15) is 30.8 Å². The molecule has 0 aliphatic rings. The number of benzene rings is 1. The Balaban J connectivity index is 1.95. The first-order valence-corrected chi connectivity index (χ1v) is 7.92. The van der Waals surface area contributed by atoms with Crippen LogP contribution in [0.5, 0.6) is 0 Å². The highest BCUT2D eigenvalue weighted by Crippen LogP contribution is 2.34. The van der Waals surface area contributed by atoms with E-state index in [1.807, 2.05) is 23.6 Å². The highest BCUT2D eigenvalue weighted by Gasteiger charge is 2.27. The van der Waals surface area contributed by atoms with Crippen LogP contribution in [0, 0.1) is 0 Å². The zero-order chi connectivity index (χ0) is 14.0. The molecule has 1 aromatic carbocycles. The average Bonchev–Trinajstić information content (AvgIpc) is 2.90. The van der Waals surface area contributed by atoms with E-state index in [2.05, 4.69) is 61.3 Å². The van der Waals surface area contributed by atoms with Crippen molar-refractivity contribution in [2.24, 2.45) is 0 Å². The van der Waals surface area contributed by atoms with Gasteiger partial charge in [0, 0.05) is 26.9 Å². The van der Waals surface area contributed by atoms with Gasteiger partial charge in [-0.25, -0.2) is 0 Å². The van der Waals surface area contributed by atoms with Gasteiger partial charge in [-0.05, 0) is 42.5 Å². The van der Waals surface area contributed by atoms with Gasteiger partial charge in [0.1, 0.15) is 0 Å². The van der Waals surface area contributed by atoms with E-state index in [0.717, 1.165) is 12.8 Å². The molecule has 102 valence electrons. The van der Waals surface area contributed by atoms with E-state index < -0.39 is 0 Å². The molecule has 2 heteroatoms. The zero-order valence-corrected chi connectivity index (χ0v) is 12.8. The largest absolute Gasteiger partial charge is 0.261 e. The smallest absolute Gasteiger partial charge is 0.0466 e. The number of thiophene rings is 1. The van der Waals surface area contributed by atoms with E-state index in [1.54, 1.807) is 0 Å². The van der Waals surface area contributed by atoms with Crippen molar-refractivity contribution in [2.75, 3.05) is 0 Å².